The third-order valence-electron chi connectivity index (χ3n) is 3.92. The number of hydrogen-bond donors (Lipinski definition) is 0. The number of rotatable bonds is 5. The van der Waals surface area contributed by atoms with Gasteiger partial charge in [-0.1, -0.05) is 30.3 Å². The highest BCUT2D eigenvalue weighted by Crippen LogP contribution is 2.49. The van der Waals surface area contributed by atoms with E-state index in [-0.39, 0.29) is 11.6 Å². The Balaban J connectivity index is 2.33. The molecule has 0 saturated carbocycles. The zero-order valence-corrected chi connectivity index (χ0v) is 14.4. The van der Waals surface area contributed by atoms with Gasteiger partial charge in [0.05, 0.1) is 11.7 Å². The van der Waals surface area contributed by atoms with Crippen LogP contribution in [0.4, 0.5) is 0 Å². The number of pyridine rings is 1. The van der Waals surface area contributed by atoms with Crippen molar-refractivity contribution in [1.82, 2.24) is 4.57 Å². The van der Waals surface area contributed by atoms with Crippen LogP contribution in [0.3, 0.4) is 0 Å². The molecule has 6 heteroatoms. The predicted molar refractivity (Wildman–Crippen MR) is 94.9 cm³/mol. The van der Waals surface area contributed by atoms with Crippen LogP contribution in [0.5, 0.6) is 0 Å². The molecule has 3 aromatic rings. The zero-order valence-electron chi connectivity index (χ0n) is 13.5. The molecule has 3 rings (SSSR count). The molecule has 0 radical (unpaired) electrons. The third kappa shape index (κ3) is 3.06. The Hall–Kier alpha value is -2.20. The van der Waals surface area contributed by atoms with Crippen LogP contribution >= 0.6 is 7.60 Å². The lowest BCUT2D eigenvalue weighted by molar-refractivity contribution is 0.274. The molecule has 0 saturated heterocycles. The maximum absolute atomic E-state index is 12.6. The summed E-state index contributed by atoms with van der Waals surface area (Å²) in [5.41, 5.74) is 2.09. The van der Waals surface area contributed by atoms with Crippen molar-refractivity contribution in [1.29, 1.82) is 0 Å². The van der Waals surface area contributed by atoms with Crippen molar-refractivity contribution in [2.75, 3.05) is 14.2 Å². The molecular weight excluding hydrogens is 325 g/mol. The van der Waals surface area contributed by atoms with E-state index in [1.54, 1.807) is 6.07 Å². The highest BCUT2D eigenvalue weighted by molar-refractivity contribution is 7.52. The van der Waals surface area contributed by atoms with E-state index in [4.69, 9.17) is 9.05 Å². The summed E-state index contributed by atoms with van der Waals surface area (Å²) in [7, 11) is -0.621. The summed E-state index contributed by atoms with van der Waals surface area (Å²) < 4.78 is 24.6. The van der Waals surface area contributed by atoms with E-state index < -0.39 is 7.60 Å². The van der Waals surface area contributed by atoms with Gasteiger partial charge in [-0.2, -0.15) is 0 Å². The van der Waals surface area contributed by atoms with Gasteiger partial charge in [0.15, 0.2) is 5.43 Å². The molecule has 1 heterocycles. The lowest BCUT2D eigenvalue weighted by Crippen LogP contribution is -2.13. The van der Waals surface area contributed by atoms with Gasteiger partial charge in [-0.15, -0.1) is 0 Å². The first-order valence-electron chi connectivity index (χ1n) is 7.47. The number of benzene rings is 2. The van der Waals surface area contributed by atoms with Gasteiger partial charge in [-0.05, 0) is 24.3 Å². The molecule has 0 N–H and O–H groups in total. The molecule has 0 fully saturated rings. The Morgan fingerprint density at radius 3 is 2.25 bits per heavy atom. The molecule has 2 aromatic carbocycles. The van der Waals surface area contributed by atoms with E-state index in [0.717, 1.165) is 11.2 Å². The van der Waals surface area contributed by atoms with Crippen LogP contribution < -0.4 is 5.43 Å². The van der Waals surface area contributed by atoms with Gasteiger partial charge in [0.2, 0.25) is 0 Å². The SMILES string of the molecule is COP(=O)(Cc1cc(=O)c2ccccc2n1-c1ccccc1)OC. The first-order chi connectivity index (χ1) is 11.6. The molecule has 24 heavy (non-hydrogen) atoms. The Kier molecular flexibility index (Phi) is 4.67. The Bertz CT molecular complexity index is 958. The summed E-state index contributed by atoms with van der Waals surface area (Å²) in [4.78, 5) is 12.5. The summed E-state index contributed by atoms with van der Waals surface area (Å²) in [5, 5.41) is 0.606. The Morgan fingerprint density at radius 2 is 1.58 bits per heavy atom. The predicted octanol–water partition coefficient (Wildman–Crippen LogP) is 3.98. The van der Waals surface area contributed by atoms with Gasteiger partial charge in [0.25, 0.3) is 0 Å². The lowest BCUT2D eigenvalue weighted by Gasteiger charge is -2.20. The van der Waals surface area contributed by atoms with Crippen LogP contribution in [0.1, 0.15) is 5.69 Å². The second-order valence-corrected chi connectivity index (χ2v) is 7.59. The fourth-order valence-electron chi connectivity index (χ4n) is 2.73. The molecule has 0 spiro atoms. The van der Waals surface area contributed by atoms with Crippen LogP contribution in [0.25, 0.3) is 16.6 Å². The maximum Gasteiger partial charge on any atom is 0.336 e. The lowest BCUT2D eigenvalue weighted by atomic mass is 10.1. The Morgan fingerprint density at radius 1 is 0.958 bits per heavy atom. The normalized spacial score (nSPS) is 11.8. The summed E-state index contributed by atoms with van der Waals surface area (Å²) in [6.07, 6.45) is 0.00890. The minimum absolute atomic E-state index is 0.00890. The van der Waals surface area contributed by atoms with E-state index >= 15 is 0 Å². The topological polar surface area (TPSA) is 57.5 Å². The van der Waals surface area contributed by atoms with E-state index in [9.17, 15) is 9.36 Å². The van der Waals surface area contributed by atoms with E-state index in [2.05, 4.69) is 0 Å². The highest BCUT2D eigenvalue weighted by atomic mass is 31.2. The average molecular weight is 343 g/mol. The second kappa shape index (κ2) is 6.73. The number of para-hydroxylation sites is 2. The molecular formula is C18H18NO4P. The van der Waals surface area contributed by atoms with Crippen LogP contribution in [0, 0.1) is 0 Å². The van der Waals surface area contributed by atoms with E-state index in [0.29, 0.717) is 11.1 Å². The van der Waals surface area contributed by atoms with Crippen molar-refractivity contribution in [2.45, 2.75) is 6.16 Å². The molecule has 0 aliphatic rings. The molecule has 0 bridgehead atoms. The van der Waals surface area contributed by atoms with Gasteiger partial charge in [0.1, 0.15) is 0 Å². The number of nitrogens with zero attached hydrogens (tertiary/aromatic N) is 1. The Labute approximate surface area is 140 Å². The van der Waals surface area contributed by atoms with Crippen LogP contribution in [-0.4, -0.2) is 18.8 Å². The zero-order chi connectivity index (χ0) is 17.2. The van der Waals surface area contributed by atoms with Crippen LogP contribution in [0.15, 0.2) is 65.5 Å². The standard InChI is InChI=1S/C18H18NO4P/c1-22-24(21,23-2)13-15-12-18(20)16-10-6-7-11-17(16)19(15)14-8-4-3-5-9-14/h3-12H,13H2,1-2H3. The number of aromatic nitrogens is 1. The quantitative estimate of drug-likeness (QED) is 0.658. The summed E-state index contributed by atoms with van der Waals surface area (Å²) >= 11 is 0. The fraction of sp³-hybridized carbons (Fsp3) is 0.167. The molecule has 124 valence electrons. The average Bonchev–Trinajstić information content (AvgIpc) is 2.62. The van der Waals surface area contributed by atoms with Gasteiger partial charge in [-0.3, -0.25) is 9.36 Å². The van der Waals surface area contributed by atoms with E-state index in [1.165, 1.54) is 20.3 Å². The monoisotopic (exact) mass is 343 g/mol. The molecule has 0 atom stereocenters. The van der Waals surface area contributed by atoms with Gasteiger partial charge >= 0.3 is 7.60 Å². The van der Waals surface area contributed by atoms with Crippen molar-refractivity contribution in [3.63, 3.8) is 0 Å². The fourth-order valence-corrected chi connectivity index (χ4v) is 3.76. The number of fused-ring (bicyclic) bond motifs is 1. The largest absolute Gasteiger partial charge is 0.336 e. The first kappa shape index (κ1) is 16.7. The molecule has 0 aliphatic carbocycles. The van der Waals surface area contributed by atoms with Gasteiger partial charge in [-0.25, -0.2) is 0 Å². The van der Waals surface area contributed by atoms with Crippen LogP contribution in [0.2, 0.25) is 0 Å². The third-order valence-corrected chi connectivity index (χ3v) is 5.75. The van der Waals surface area contributed by atoms with Crippen molar-refractivity contribution < 1.29 is 13.6 Å². The van der Waals surface area contributed by atoms with E-state index in [1.807, 2.05) is 53.1 Å². The minimum atomic E-state index is -3.31. The summed E-state index contributed by atoms with van der Waals surface area (Å²) in [6.45, 7) is 0. The smallest absolute Gasteiger partial charge is 0.313 e. The van der Waals surface area contributed by atoms with Gasteiger partial charge < -0.3 is 13.6 Å². The van der Waals surface area contributed by atoms with Gasteiger partial charge in [0, 0.05) is 37.1 Å². The van der Waals surface area contributed by atoms with Crippen molar-refractivity contribution in [3.05, 3.63) is 76.6 Å². The van der Waals surface area contributed by atoms with Crippen molar-refractivity contribution >= 4 is 18.5 Å². The molecule has 5 nitrogen and oxygen atoms in total. The van der Waals surface area contributed by atoms with Crippen molar-refractivity contribution in [2.24, 2.45) is 0 Å². The molecule has 1 aromatic heterocycles. The first-order valence-corrected chi connectivity index (χ1v) is 9.20. The number of hydrogen-bond acceptors (Lipinski definition) is 4. The molecule has 0 amide bonds. The molecule has 0 unspecified atom stereocenters. The maximum atomic E-state index is 12.6. The van der Waals surface area contributed by atoms with Crippen molar-refractivity contribution in [3.8, 4) is 5.69 Å². The highest BCUT2D eigenvalue weighted by Gasteiger charge is 2.24. The summed E-state index contributed by atoms with van der Waals surface area (Å²) in [6, 6.07) is 18.5. The molecule has 0 aliphatic heterocycles. The second-order valence-electron chi connectivity index (χ2n) is 5.32. The van der Waals surface area contributed by atoms with Crippen LogP contribution in [-0.2, 0) is 19.8 Å². The summed E-state index contributed by atoms with van der Waals surface area (Å²) in [5.74, 6) is 0. The minimum Gasteiger partial charge on any atom is -0.313 e.